The number of sulfonamides is 1. The molecule has 1 heterocycles. The Hall–Kier alpha value is -2.50. The molecule has 238 valence electrons. The summed E-state index contributed by atoms with van der Waals surface area (Å²) in [6.07, 6.45) is 10.5. The maximum absolute atomic E-state index is 13.3. The number of amidine groups is 1. The van der Waals surface area contributed by atoms with Crippen molar-refractivity contribution in [1.82, 2.24) is 4.90 Å². The first-order valence-electron chi connectivity index (χ1n) is 14.1. The van der Waals surface area contributed by atoms with Gasteiger partial charge in [-0.15, -0.1) is 24.8 Å². The number of halogens is 3. The van der Waals surface area contributed by atoms with Crippen LogP contribution in [0.3, 0.4) is 0 Å². The van der Waals surface area contributed by atoms with Crippen LogP contribution in [0.25, 0.3) is 6.08 Å². The van der Waals surface area contributed by atoms with Crippen LogP contribution in [0.5, 0.6) is 5.75 Å². The van der Waals surface area contributed by atoms with Crippen LogP contribution in [0, 0.1) is 5.41 Å². The molecule has 1 aliphatic carbocycles. The van der Waals surface area contributed by atoms with Crippen molar-refractivity contribution in [2.24, 2.45) is 5.73 Å². The number of rotatable bonds is 12. The molecule has 0 bridgehead atoms. The molecule has 43 heavy (non-hydrogen) atoms. The molecule has 2 aliphatic rings. The fraction of sp³-hybridized carbons (Fsp3) is 0.467. The third-order valence-electron chi connectivity index (χ3n) is 7.54. The summed E-state index contributed by atoms with van der Waals surface area (Å²) in [5.41, 5.74) is 7.21. The lowest BCUT2D eigenvalue weighted by Crippen LogP contribution is -2.43. The van der Waals surface area contributed by atoms with E-state index in [1.54, 1.807) is 55.5 Å². The molecule has 1 saturated carbocycles. The second kappa shape index (κ2) is 17.1. The highest BCUT2D eigenvalue weighted by Gasteiger charge is 2.29. The monoisotopic (exact) mass is 674 g/mol. The smallest absolute Gasteiger partial charge is 0.323 e. The first kappa shape index (κ1) is 36.7. The number of esters is 1. The zero-order chi connectivity index (χ0) is 29.4. The van der Waals surface area contributed by atoms with Crippen molar-refractivity contribution in [2.45, 2.75) is 57.6 Å². The normalized spacial score (nSPS) is 16.3. The van der Waals surface area contributed by atoms with Crippen LogP contribution >= 0.6 is 36.4 Å². The number of nitrogen functional groups attached to an aromatic ring is 1. The van der Waals surface area contributed by atoms with Gasteiger partial charge in [0.05, 0.1) is 23.9 Å². The Bertz CT molecular complexity index is 1360. The summed E-state index contributed by atoms with van der Waals surface area (Å²) in [7, 11) is -4.10. The van der Waals surface area contributed by atoms with E-state index in [1.807, 2.05) is 6.07 Å². The van der Waals surface area contributed by atoms with Crippen molar-refractivity contribution < 1.29 is 22.7 Å². The van der Waals surface area contributed by atoms with Crippen LogP contribution in [0.1, 0.15) is 56.6 Å². The number of nitrogens with zero attached hydrogens (tertiary/aromatic N) is 2. The van der Waals surface area contributed by atoms with E-state index in [2.05, 4.69) is 4.90 Å². The highest BCUT2D eigenvalue weighted by atomic mass is 35.5. The van der Waals surface area contributed by atoms with Crippen LogP contribution in [0.15, 0.2) is 48.5 Å². The Kier molecular flexibility index (Phi) is 14.6. The summed E-state index contributed by atoms with van der Waals surface area (Å²) in [6.45, 7) is 3.66. The van der Waals surface area contributed by atoms with E-state index in [4.69, 9.17) is 32.2 Å². The SMILES string of the molecule is CCOC(=O)CS(=O)(=O)N(C/C=C/c1cccc(C(=N)N)c1)c1ccc(OC2CCN(C3CCCC3)CC2)c(Cl)c1.Cl.Cl. The van der Waals surface area contributed by atoms with E-state index in [-0.39, 0.29) is 49.9 Å². The molecule has 0 radical (unpaired) electrons. The van der Waals surface area contributed by atoms with Gasteiger partial charge >= 0.3 is 5.97 Å². The van der Waals surface area contributed by atoms with Crippen LogP contribution in [0.4, 0.5) is 5.69 Å². The van der Waals surface area contributed by atoms with Crippen molar-refractivity contribution in [3.05, 3.63) is 64.7 Å². The van der Waals surface area contributed by atoms with Gasteiger partial charge in [0.1, 0.15) is 17.7 Å². The molecule has 9 nitrogen and oxygen atoms in total. The first-order valence-corrected chi connectivity index (χ1v) is 16.1. The number of nitrogens with one attached hydrogen (secondary N) is 1. The molecule has 0 unspecified atom stereocenters. The van der Waals surface area contributed by atoms with Crippen LogP contribution < -0.4 is 14.8 Å². The Morgan fingerprint density at radius 1 is 1.12 bits per heavy atom. The molecule has 2 aromatic carbocycles. The fourth-order valence-corrected chi connectivity index (χ4v) is 6.96. The molecule has 1 saturated heterocycles. The molecule has 2 aromatic rings. The third kappa shape index (κ3) is 10.3. The molecule has 13 heteroatoms. The van der Waals surface area contributed by atoms with E-state index in [1.165, 1.54) is 25.7 Å². The number of benzene rings is 2. The van der Waals surface area contributed by atoms with Crippen molar-refractivity contribution >= 4 is 70.0 Å². The molecule has 0 aromatic heterocycles. The van der Waals surface area contributed by atoms with E-state index < -0.39 is 21.7 Å². The Balaban J connectivity index is 0.00000323. The maximum Gasteiger partial charge on any atom is 0.323 e. The summed E-state index contributed by atoms with van der Waals surface area (Å²) >= 11 is 6.61. The standard InChI is InChI=1S/C30H39ClN4O5S.2ClH/c1-2-39-29(36)21-41(37,38)35(16-6-8-22-7-5-9-23(19-22)30(32)33)25-12-13-28(27(31)20-25)40-26-14-17-34(18-15-26)24-10-3-4-11-24;;/h5-9,12-13,19-20,24,26H,2-4,10-11,14-18,21H2,1H3,(H3,32,33);2*1H/b8-6+;;. The van der Waals surface area contributed by atoms with Crippen molar-refractivity contribution in [1.29, 1.82) is 5.41 Å². The van der Waals surface area contributed by atoms with Gasteiger partial charge in [-0.05, 0) is 62.4 Å². The van der Waals surface area contributed by atoms with Crippen molar-refractivity contribution in [2.75, 3.05) is 36.3 Å². The minimum Gasteiger partial charge on any atom is -0.489 e. The van der Waals surface area contributed by atoms with E-state index in [0.717, 1.165) is 35.8 Å². The lowest BCUT2D eigenvalue weighted by Gasteiger charge is -2.36. The van der Waals surface area contributed by atoms with Gasteiger partial charge in [-0.25, -0.2) is 8.42 Å². The van der Waals surface area contributed by atoms with E-state index >= 15 is 0 Å². The van der Waals surface area contributed by atoms with E-state index in [9.17, 15) is 13.2 Å². The summed E-state index contributed by atoms with van der Waals surface area (Å²) < 4.78 is 38.9. The highest BCUT2D eigenvalue weighted by Crippen LogP contribution is 2.33. The number of ether oxygens (including phenoxy) is 2. The average molecular weight is 676 g/mol. The zero-order valence-corrected chi connectivity index (χ0v) is 27.5. The minimum atomic E-state index is -4.10. The predicted molar refractivity (Wildman–Crippen MR) is 178 cm³/mol. The number of hydrogen-bond donors (Lipinski definition) is 2. The number of hydrogen-bond acceptors (Lipinski definition) is 7. The summed E-state index contributed by atoms with van der Waals surface area (Å²) in [6, 6.07) is 12.6. The summed E-state index contributed by atoms with van der Waals surface area (Å²) in [5.74, 6) is -1.18. The Labute approximate surface area is 272 Å². The van der Waals surface area contributed by atoms with Gasteiger partial charge in [-0.3, -0.25) is 14.5 Å². The number of carbonyl (C=O) groups is 1. The lowest BCUT2D eigenvalue weighted by atomic mass is 10.0. The minimum absolute atomic E-state index is 0. The zero-order valence-electron chi connectivity index (χ0n) is 24.2. The topological polar surface area (TPSA) is 126 Å². The number of piperidine rings is 1. The Morgan fingerprint density at radius 3 is 2.44 bits per heavy atom. The second-order valence-electron chi connectivity index (χ2n) is 10.4. The number of nitrogens with two attached hydrogens (primary N) is 1. The predicted octanol–water partition coefficient (Wildman–Crippen LogP) is 5.67. The van der Waals surface area contributed by atoms with Gasteiger partial charge < -0.3 is 20.1 Å². The number of carbonyl (C=O) groups excluding carboxylic acids is 1. The van der Waals surface area contributed by atoms with Crippen LogP contribution in [0.2, 0.25) is 5.02 Å². The molecule has 4 rings (SSSR count). The molecule has 0 atom stereocenters. The largest absolute Gasteiger partial charge is 0.489 e. The molecule has 1 aliphatic heterocycles. The highest BCUT2D eigenvalue weighted by molar-refractivity contribution is 7.93. The third-order valence-corrected chi connectivity index (χ3v) is 9.46. The average Bonchev–Trinajstić information content (AvgIpc) is 3.48. The molecule has 3 N–H and O–H groups in total. The number of likely N-dealkylation sites (tertiary alicyclic amines) is 1. The van der Waals surface area contributed by atoms with Gasteiger partial charge in [-0.2, -0.15) is 0 Å². The van der Waals surface area contributed by atoms with Gasteiger partial charge in [0, 0.05) is 24.7 Å². The van der Waals surface area contributed by atoms with Gasteiger partial charge in [0.15, 0.2) is 5.75 Å². The lowest BCUT2D eigenvalue weighted by molar-refractivity contribution is -0.139. The quantitative estimate of drug-likeness (QED) is 0.169. The van der Waals surface area contributed by atoms with Gasteiger partial charge in [0.2, 0.25) is 10.0 Å². The van der Waals surface area contributed by atoms with E-state index in [0.29, 0.717) is 28.1 Å². The molecular weight excluding hydrogens is 635 g/mol. The Morgan fingerprint density at radius 2 is 1.81 bits per heavy atom. The molecular formula is C30H41Cl3N4O5S. The number of anilines is 1. The maximum atomic E-state index is 13.3. The van der Waals surface area contributed by atoms with Crippen LogP contribution in [-0.2, 0) is 19.6 Å². The van der Waals surface area contributed by atoms with Crippen molar-refractivity contribution in [3.8, 4) is 5.75 Å². The second-order valence-corrected chi connectivity index (χ2v) is 12.7. The molecule has 0 amide bonds. The molecule has 0 spiro atoms. The molecule has 2 fully saturated rings. The van der Waals surface area contributed by atoms with Crippen molar-refractivity contribution in [3.63, 3.8) is 0 Å². The fourth-order valence-electron chi connectivity index (χ4n) is 5.45. The summed E-state index contributed by atoms with van der Waals surface area (Å²) in [4.78, 5) is 14.7. The summed E-state index contributed by atoms with van der Waals surface area (Å²) in [5, 5.41) is 7.93. The van der Waals surface area contributed by atoms with Gasteiger partial charge in [-0.1, -0.05) is 54.8 Å². The van der Waals surface area contributed by atoms with Crippen LogP contribution in [-0.4, -0.2) is 69.3 Å². The first-order chi connectivity index (χ1) is 19.7. The van der Waals surface area contributed by atoms with Gasteiger partial charge in [0.25, 0.3) is 0 Å².